The first-order valence-corrected chi connectivity index (χ1v) is 10.8. The lowest BCUT2D eigenvalue weighted by Crippen LogP contribution is -2.75. The van der Waals surface area contributed by atoms with Crippen LogP contribution in [0.3, 0.4) is 0 Å². The van der Waals surface area contributed by atoms with Crippen LogP contribution < -0.4 is 0 Å². The van der Waals surface area contributed by atoms with Gasteiger partial charge in [-0.2, -0.15) is 0 Å². The molecule has 6 atom stereocenters. The molecule has 0 aromatic carbocycles. The van der Waals surface area contributed by atoms with Crippen molar-refractivity contribution in [3.05, 3.63) is 0 Å². The summed E-state index contributed by atoms with van der Waals surface area (Å²) in [6.07, 6.45) is -9.16. The maximum atomic E-state index is 12.3. The highest BCUT2D eigenvalue weighted by Gasteiger charge is 2.69. The average Bonchev–Trinajstić information content (AvgIpc) is 2.68. The topological polar surface area (TPSA) is 184 Å². The van der Waals surface area contributed by atoms with Crippen LogP contribution in [-0.2, 0) is 66.7 Å². The van der Waals surface area contributed by atoms with Gasteiger partial charge >= 0.3 is 41.8 Å². The van der Waals surface area contributed by atoms with Crippen molar-refractivity contribution in [3.63, 3.8) is 0 Å². The van der Waals surface area contributed by atoms with Gasteiger partial charge in [0.15, 0.2) is 36.1 Å². The molecule has 1 saturated carbocycles. The molecule has 3 unspecified atom stereocenters. The molecular formula is C22H30O14. The first-order valence-electron chi connectivity index (χ1n) is 10.8. The van der Waals surface area contributed by atoms with Crippen LogP contribution in [0.2, 0.25) is 0 Å². The second-order valence-electron chi connectivity index (χ2n) is 7.92. The van der Waals surface area contributed by atoms with Gasteiger partial charge in [-0.25, -0.2) is 0 Å². The van der Waals surface area contributed by atoms with Gasteiger partial charge in [0.05, 0.1) is 6.61 Å². The smallest absolute Gasteiger partial charge is 0.303 e. The minimum Gasteiger partial charge on any atom is -0.466 e. The Morgan fingerprint density at radius 3 is 1.17 bits per heavy atom. The monoisotopic (exact) mass is 518 g/mol. The third-order valence-electron chi connectivity index (χ3n) is 4.83. The SMILES string of the molecule is CC(=O)OCC[C@]1(OC(C)=O)C(OC(C)=O)C(OC(C)=O)[C@H](OC(C)=O)C(OC(C)=O)[C@@H]1OC(C)=O. The Morgan fingerprint density at radius 2 is 0.861 bits per heavy atom. The van der Waals surface area contributed by atoms with Crippen molar-refractivity contribution >= 4 is 41.8 Å². The van der Waals surface area contributed by atoms with Crippen LogP contribution in [0.1, 0.15) is 54.9 Å². The molecule has 0 aliphatic heterocycles. The number of ether oxygens (including phenoxy) is 7. The molecule has 0 heterocycles. The van der Waals surface area contributed by atoms with Crippen LogP contribution in [0.5, 0.6) is 0 Å². The summed E-state index contributed by atoms with van der Waals surface area (Å²) in [5.41, 5.74) is -2.24. The van der Waals surface area contributed by atoms with E-state index in [2.05, 4.69) is 0 Å². The van der Waals surface area contributed by atoms with Crippen molar-refractivity contribution in [1.29, 1.82) is 0 Å². The fraction of sp³-hybridized carbons (Fsp3) is 0.682. The molecule has 1 rings (SSSR count). The second kappa shape index (κ2) is 12.8. The van der Waals surface area contributed by atoms with Gasteiger partial charge < -0.3 is 33.2 Å². The molecule has 1 aliphatic rings. The van der Waals surface area contributed by atoms with Gasteiger partial charge in [-0.1, -0.05) is 0 Å². The van der Waals surface area contributed by atoms with Crippen molar-refractivity contribution in [2.24, 2.45) is 0 Å². The van der Waals surface area contributed by atoms with Crippen molar-refractivity contribution in [2.45, 2.75) is 91.0 Å². The summed E-state index contributed by atoms with van der Waals surface area (Å²) in [4.78, 5) is 84.0. The Balaban J connectivity index is 4.01. The summed E-state index contributed by atoms with van der Waals surface area (Å²) < 4.78 is 37.3. The van der Waals surface area contributed by atoms with E-state index in [-0.39, 0.29) is 0 Å². The summed E-state index contributed by atoms with van der Waals surface area (Å²) in [5.74, 6) is -6.37. The van der Waals surface area contributed by atoms with Gasteiger partial charge in [-0.05, 0) is 0 Å². The zero-order valence-corrected chi connectivity index (χ0v) is 21.0. The maximum absolute atomic E-state index is 12.3. The number of rotatable bonds is 9. The van der Waals surface area contributed by atoms with E-state index in [1.54, 1.807) is 0 Å². The lowest BCUT2D eigenvalue weighted by atomic mass is 9.72. The number of hydrogen-bond donors (Lipinski definition) is 0. The minimum atomic E-state index is -2.24. The van der Waals surface area contributed by atoms with Crippen molar-refractivity contribution in [2.75, 3.05) is 6.61 Å². The van der Waals surface area contributed by atoms with E-state index < -0.39 is 90.9 Å². The van der Waals surface area contributed by atoms with E-state index in [4.69, 9.17) is 33.2 Å². The van der Waals surface area contributed by atoms with Crippen LogP contribution in [-0.4, -0.2) is 84.5 Å². The van der Waals surface area contributed by atoms with Crippen LogP contribution in [0.15, 0.2) is 0 Å². The van der Waals surface area contributed by atoms with Gasteiger partial charge in [0.25, 0.3) is 0 Å². The second-order valence-corrected chi connectivity index (χ2v) is 7.92. The fourth-order valence-corrected chi connectivity index (χ4v) is 3.98. The number of esters is 7. The third kappa shape index (κ3) is 8.20. The van der Waals surface area contributed by atoms with Crippen LogP contribution in [0, 0.1) is 0 Å². The van der Waals surface area contributed by atoms with E-state index in [0.29, 0.717) is 0 Å². The van der Waals surface area contributed by atoms with Crippen LogP contribution in [0.25, 0.3) is 0 Å². The van der Waals surface area contributed by atoms with E-state index in [1.165, 1.54) is 0 Å². The van der Waals surface area contributed by atoms with Gasteiger partial charge in [-0.15, -0.1) is 0 Å². The summed E-state index contributed by atoms with van der Waals surface area (Å²) in [5, 5.41) is 0. The Labute approximate surface area is 206 Å². The molecule has 14 nitrogen and oxygen atoms in total. The highest BCUT2D eigenvalue weighted by atomic mass is 16.7. The molecule has 1 aliphatic carbocycles. The lowest BCUT2D eigenvalue weighted by Gasteiger charge is -2.53. The largest absolute Gasteiger partial charge is 0.466 e. The molecule has 0 aromatic rings. The van der Waals surface area contributed by atoms with Gasteiger partial charge in [0.1, 0.15) is 0 Å². The number of carbonyl (C=O) groups is 7. The summed E-state index contributed by atoms with van der Waals surface area (Å²) in [6.45, 7) is 6.63. The lowest BCUT2D eigenvalue weighted by molar-refractivity contribution is -0.292. The first-order chi connectivity index (χ1) is 16.6. The third-order valence-corrected chi connectivity index (χ3v) is 4.83. The normalized spacial score (nSPS) is 27.0. The molecule has 0 amide bonds. The molecule has 202 valence electrons. The zero-order valence-electron chi connectivity index (χ0n) is 21.0. The minimum absolute atomic E-state index is 0.462. The van der Waals surface area contributed by atoms with Crippen molar-refractivity contribution < 1.29 is 66.7 Å². The average molecular weight is 518 g/mol. The Kier molecular flexibility index (Phi) is 10.8. The highest BCUT2D eigenvalue weighted by Crippen LogP contribution is 2.43. The van der Waals surface area contributed by atoms with Crippen molar-refractivity contribution in [1.82, 2.24) is 0 Å². The zero-order chi connectivity index (χ0) is 27.8. The summed E-state index contributed by atoms with van der Waals surface area (Å²) >= 11 is 0. The van der Waals surface area contributed by atoms with Gasteiger partial charge in [0, 0.05) is 54.9 Å². The molecule has 0 radical (unpaired) electrons. The van der Waals surface area contributed by atoms with E-state index in [0.717, 1.165) is 48.5 Å². The molecule has 0 aromatic heterocycles. The van der Waals surface area contributed by atoms with Gasteiger partial charge in [-0.3, -0.25) is 33.6 Å². The predicted octanol–water partition coefficient (Wildman–Crippen LogP) is -0.0864. The molecule has 0 N–H and O–H groups in total. The van der Waals surface area contributed by atoms with E-state index in [9.17, 15) is 33.6 Å². The molecular weight excluding hydrogens is 488 g/mol. The maximum Gasteiger partial charge on any atom is 0.303 e. The first kappa shape index (κ1) is 30.3. The molecule has 14 heteroatoms. The fourth-order valence-electron chi connectivity index (χ4n) is 3.98. The molecule has 36 heavy (non-hydrogen) atoms. The summed E-state index contributed by atoms with van der Waals surface area (Å²) in [6, 6.07) is 0. The van der Waals surface area contributed by atoms with E-state index >= 15 is 0 Å². The highest BCUT2D eigenvalue weighted by molar-refractivity contribution is 5.71. The standard InChI is InChI=1S/C22H30O14/c1-10(23)30-9-8-22(36-16(7)29)20(34-14(5)27)18(32-12(3)25)17(31-11(2)24)19(33-13(4)26)21(22)35-15(6)28/h17-21H,8-9H2,1-7H3/t17-,18?,19?,20+,21?,22-/m1/s1. The molecule has 0 saturated heterocycles. The Morgan fingerprint density at radius 1 is 0.500 bits per heavy atom. The Bertz CT molecular complexity index is 849. The molecule has 1 fully saturated rings. The number of hydrogen-bond acceptors (Lipinski definition) is 14. The van der Waals surface area contributed by atoms with Crippen molar-refractivity contribution in [3.8, 4) is 0 Å². The molecule has 0 spiro atoms. The number of carbonyl (C=O) groups excluding carboxylic acids is 7. The van der Waals surface area contributed by atoms with Gasteiger partial charge in [0.2, 0.25) is 0 Å². The Hall–Kier alpha value is -3.71. The van der Waals surface area contributed by atoms with Crippen LogP contribution in [0.4, 0.5) is 0 Å². The quantitative estimate of drug-likeness (QED) is 0.291. The predicted molar refractivity (Wildman–Crippen MR) is 114 cm³/mol. The van der Waals surface area contributed by atoms with E-state index in [1.807, 2.05) is 0 Å². The van der Waals surface area contributed by atoms with Crippen LogP contribution >= 0.6 is 0 Å². The molecule has 0 bridgehead atoms. The summed E-state index contributed by atoms with van der Waals surface area (Å²) in [7, 11) is 0.